The van der Waals surface area contributed by atoms with Crippen LogP contribution in [0.3, 0.4) is 0 Å². The Bertz CT molecular complexity index is 208. The summed E-state index contributed by atoms with van der Waals surface area (Å²) in [6.07, 6.45) is -4.30. The van der Waals surface area contributed by atoms with Gasteiger partial charge in [-0.3, -0.25) is 4.90 Å². The van der Waals surface area contributed by atoms with E-state index in [0.717, 1.165) is 4.90 Å². The van der Waals surface area contributed by atoms with Crippen LogP contribution in [0.2, 0.25) is 0 Å². The Morgan fingerprint density at radius 2 is 1.93 bits per heavy atom. The van der Waals surface area contributed by atoms with Crippen LogP contribution in [0.1, 0.15) is 6.42 Å². The number of aliphatic hydroxyl groups is 1. The van der Waals surface area contributed by atoms with E-state index in [1.807, 2.05) is 0 Å². The molecule has 0 fully saturated rings. The molecule has 0 aliphatic heterocycles. The lowest BCUT2D eigenvalue weighted by atomic mass is 10.3. The third-order valence-electron chi connectivity index (χ3n) is 1.63. The van der Waals surface area contributed by atoms with Crippen LogP contribution in [0.15, 0.2) is 5.16 Å². The highest BCUT2D eigenvalue weighted by Crippen LogP contribution is 2.16. The van der Waals surface area contributed by atoms with Crippen LogP contribution in [0.4, 0.5) is 13.2 Å². The minimum absolute atomic E-state index is 0.0179. The first-order chi connectivity index (χ1) is 6.89. The molecule has 0 radical (unpaired) electrons. The number of oxime groups is 1. The normalized spacial score (nSPS) is 13.5. The summed E-state index contributed by atoms with van der Waals surface area (Å²) in [7, 11) is 0. The highest BCUT2D eigenvalue weighted by Gasteiger charge is 2.30. The topological polar surface area (TPSA) is 82.1 Å². The van der Waals surface area contributed by atoms with Gasteiger partial charge in [-0.15, -0.1) is 0 Å². The van der Waals surface area contributed by atoms with Gasteiger partial charge in [0.25, 0.3) is 0 Å². The van der Waals surface area contributed by atoms with Crippen molar-refractivity contribution < 1.29 is 23.5 Å². The number of nitrogens with zero attached hydrogens (tertiary/aromatic N) is 2. The lowest BCUT2D eigenvalue weighted by Gasteiger charge is -2.22. The Morgan fingerprint density at radius 3 is 2.33 bits per heavy atom. The molecule has 0 aromatic rings. The van der Waals surface area contributed by atoms with Crippen LogP contribution in [0, 0.1) is 0 Å². The van der Waals surface area contributed by atoms with Crippen LogP contribution >= 0.6 is 0 Å². The van der Waals surface area contributed by atoms with Crippen molar-refractivity contribution in [3.8, 4) is 0 Å². The Balaban J connectivity index is 4.04. The molecule has 0 saturated carbocycles. The van der Waals surface area contributed by atoms with E-state index in [0.29, 0.717) is 0 Å². The second kappa shape index (κ2) is 6.46. The molecule has 0 aliphatic rings. The molecular weight excluding hydrogens is 215 g/mol. The molecule has 0 unspecified atom stereocenters. The average molecular weight is 229 g/mol. The highest BCUT2D eigenvalue weighted by molar-refractivity contribution is 5.79. The fraction of sp³-hybridized carbons (Fsp3) is 0.857. The average Bonchev–Trinajstić information content (AvgIpc) is 2.11. The van der Waals surface area contributed by atoms with Crippen molar-refractivity contribution in [2.45, 2.75) is 12.6 Å². The number of hydrogen-bond donors (Lipinski definition) is 3. The fourth-order valence-corrected chi connectivity index (χ4v) is 0.988. The number of halogens is 3. The molecule has 0 rings (SSSR count). The zero-order chi connectivity index (χ0) is 11.9. The molecule has 0 heterocycles. The van der Waals surface area contributed by atoms with E-state index < -0.39 is 12.7 Å². The molecule has 0 spiro atoms. The molecule has 4 N–H and O–H groups in total. The molecule has 0 aliphatic carbocycles. The number of alkyl halides is 3. The SMILES string of the molecule is NC(CCN(CCO)CC(F)(F)F)=NO. The summed E-state index contributed by atoms with van der Waals surface area (Å²) < 4.78 is 36.0. The minimum atomic E-state index is -4.32. The number of aliphatic hydroxyl groups excluding tert-OH is 1. The van der Waals surface area contributed by atoms with E-state index >= 15 is 0 Å². The van der Waals surface area contributed by atoms with E-state index in [1.165, 1.54) is 0 Å². The van der Waals surface area contributed by atoms with Gasteiger partial charge in [-0.05, 0) is 0 Å². The summed E-state index contributed by atoms with van der Waals surface area (Å²) in [5.41, 5.74) is 5.11. The summed E-state index contributed by atoms with van der Waals surface area (Å²) >= 11 is 0. The lowest BCUT2D eigenvalue weighted by molar-refractivity contribution is -0.146. The molecule has 5 nitrogen and oxygen atoms in total. The molecule has 0 aromatic carbocycles. The highest BCUT2D eigenvalue weighted by atomic mass is 19.4. The van der Waals surface area contributed by atoms with Gasteiger partial charge in [0, 0.05) is 19.5 Å². The molecule has 0 bridgehead atoms. The molecular formula is C7H14F3N3O2. The van der Waals surface area contributed by atoms with Crippen molar-refractivity contribution in [2.75, 3.05) is 26.2 Å². The Morgan fingerprint density at radius 1 is 1.33 bits per heavy atom. The second-order valence-corrected chi connectivity index (χ2v) is 2.96. The number of rotatable bonds is 6. The Kier molecular flexibility index (Phi) is 6.02. The maximum absolute atomic E-state index is 12.0. The summed E-state index contributed by atoms with van der Waals surface area (Å²) in [5.74, 6) is -0.139. The zero-order valence-corrected chi connectivity index (χ0v) is 8.04. The van der Waals surface area contributed by atoms with Crippen molar-refractivity contribution in [1.29, 1.82) is 0 Å². The van der Waals surface area contributed by atoms with Crippen molar-refractivity contribution in [3.05, 3.63) is 0 Å². The van der Waals surface area contributed by atoms with Gasteiger partial charge in [-0.1, -0.05) is 5.16 Å². The summed E-state index contributed by atoms with van der Waals surface area (Å²) in [6.45, 7) is -1.60. The standard InChI is InChI=1S/C7H14F3N3O2/c8-7(9,10)5-13(3-4-14)2-1-6(11)12-15/h14-15H,1-5H2,(H2,11,12). The van der Waals surface area contributed by atoms with Crippen molar-refractivity contribution in [3.63, 3.8) is 0 Å². The zero-order valence-electron chi connectivity index (χ0n) is 8.04. The van der Waals surface area contributed by atoms with Crippen LogP contribution < -0.4 is 5.73 Å². The third kappa shape index (κ3) is 8.01. The first-order valence-electron chi connectivity index (χ1n) is 4.25. The van der Waals surface area contributed by atoms with Gasteiger partial charge in [-0.2, -0.15) is 13.2 Å². The molecule has 0 amide bonds. The monoisotopic (exact) mass is 229 g/mol. The van der Waals surface area contributed by atoms with Crippen molar-refractivity contribution in [1.82, 2.24) is 4.90 Å². The van der Waals surface area contributed by atoms with Crippen LogP contribution in [0.5, 0.6) is 0 Å². The predicted octanol–water partition coefficient (Wildman–Crippen LogP) is -0.0205. The van der Waals surface area contributed by atoms with E-state index in [4.69, 9.17) is 16.0 Å². The maximum Gasteiger partial charge on any atom is 0.401 e. The second-order valence-electron chi connectivity index (χ2n) is 2.96. The molecule has 15 heavy (non-hydrogen) atoms. The van der Waals surface area contributed by atoms with Crippen molar-refractivity contribution in [2.24, 2.45) is 10.9 Å². The molecule has 90 valence electrons. The molecule has 0 saturated heterocycles. The van der Waals surface area contributed by atoms with E-state index in [-0.39, 0.29) is 32.0 Å². The molecule has 8 heteroatoms. The van der Waals surface area contributed by atoms with Crippen molar-refractivity contribution >= 4 is 5.84 Å². The van der Waals surface area contributed by atoms with E-state index in [9.17, 15) is 13.2 Å². The number of nitrogens with two attached hydrogens (primary N) is 1. The Labute approximate surface area is 85.0 Å². The smallest absolute Gasteiger partial charge is 0.401 e. The van der Waals surface area contributed by atoms with Gasteiger partial charge >= 0.3 is 6.18 Å². The quantitative estimate of drug-likeness (QED) is 0.259. The fourth-order valence-electron chi connectivity index (χ4n) is 0.988. The first-order valence-corrected chi connectivity index (χ1v) is 4.25. The summed E-state index contributed by atoms with van der Waals surface area (Å²) in [4.78, 5) is 0.984. The molecule has 0 atom stereocenters. The summed E-state index contributed by atoms with van der Waals surface area (Å²) in [6, 6.07) is 0. The van der Waals surface area contributed by atoms with Gasteiger partial charge in [-0.25, -0.2) is 0 Å². The summed E-state index contributed by atoms with van der Waals surface area (Å²) in [5, 5.41) is 19.4. The van der Waals surface area contributed by atoms with Crippen LogP contribution in [-0.2, 0) is 0 Å². The van der Waals surface area contributed by atoms with Gasteiger partial charge in [0.2, 0.25) is 0 Å². The Hall–Kier alpha value is -1.02. The van der Waals surface area contributed by atoms with Gasteiger partial charge in [0.15, 0.2) is 0 Å². The van der Waals surface area contributed by atoms with Gasteiger partial charge in [0.1, 0.15) is 5.84 Å². The first kappa shape index (κ1) is 14.0. The number of amidine groups is 1. The van der Waals surface area contributed by atoms with E-state index in [1.54, 1.807) is 0 Å². The lowest BCUT2D eigenvalue weighted by Crippen LogP contribution is -2.38. The van der Waals surface area contributed by atoms with Gasteiger partial charge in [0.05, 0.1) is 13.2 Å². The maximum atomic E-state index is 12.0. The van der Waals surface area contributed by atoms with Crippen LogP contribution in [-0.4, -0.2) is 53.5 Å². The van der Waals surface area contributed by atoms with Gasteiger partial charge < -0.3 is 16.0 Å². The van der Waals surface area contributed by atoms with Crippen LogP contribution in [0.25, 0.3) is 0 Å². The molecule has 0 aromatic heterocycles. The largest absolute Gasteiger partial charge is 0.409 e. The third-order valence-corrected chi connectivity index (χ3v) is 1.63. The predicted molar refractivity (Wildman–Crippen MR) is 47.6 cm³/mol. The van der Waals surface area contributed by atoms with E-state index in [2.05, 4.69) is 5.16 Å². The minimum Gasteiger partial charge on any atom is -0.409 e. The number of hydrogen-bond acceptors (Lipinski definition) is 4.